The molecule has 0 spiro atoms. The molecule has 1 saturated heterocycles. The van der Waals surface area contributed by atoms with Crippen molar-refractivity contribution < 1.29 is 10.0 Å². The Balaban J connectivity index is 1.96. The zero-order chi connectivity index (χ0) is 14.8. The monoisotopic (exact) mass is 286 g/mol. The van der Waals surface area contributed by atoms with Crippen molar-refractivity contribution >= 4 is 5.91 Å². The van der Waals surface area contributed by atoms with Gasteiger partial charge in [-0.1, -0.05) is 48.9 Å². The number of carbonyl (C=O) groups excluding carboxylic acids is 1. The number of amides is 1. The van der Waals surface area contributed by atoms with E-state index in [1.54, 1.807) is 0 Å². The molecule has 4 atom stereocenters. The molecule has 4 unspecified atom stereocenters. The third-order valence-electron chi connectivity index (χ3n) is 4.84. The van der Waals surface area contributed by atoms with E-state index in [0.717, 1.165) is 19.3 Å². The van der Waals surface area contributed by atoms with Crippen molar-refractivity contribution in [3.8, 4) is 0 Å². The minimum atomic E-state index is -0.293. The van der Waals surface area contributed by atoms with Crippen molar-refractivity contribution in [3.05, 3.63) is 48.0 Å². The third kappa shape index (κ3) is 2.61. The van der Waals surface area contributed by atoms with Gasteiger partial charge in [-0.15, -0.1) is 0 Å². The number of nitrogens with one attached hydrogen (secondary N) is 1. The van der Waals surface area contributed by atoms with Crippen LogP contribution in [0.25, 0.3) is 0 Å². The van der Waals surface area contributed by atoms with Crippen LogP contribution >= 0.6 is 0 Å². The molecule has 4 rings (SSSR count). The van der Waals surface area contributed by atoms with Crippen molar-refractivity contribution in [1.29, 1.82) is 0 Å². The van der Waals surface area contributed by atoms with Crippen LogP contribution in [0, 0.1) is 5.92 Å². The lowest BCUT2D eigenvalue weighted by atomic mass is 9.89. The topological polar surface area (TPSA) is 52.6 Å². The standard InChI is InChI=1S/C17H22N2O2/c1-12(13-6-3-2-4-7-13)19-15-9-5-8-14(10-11-15)16(19)17(20)18-21/h2-4,6-7,10-12,14-16,21H,5,8-9H2,1H3,(H,18,20). The molecule has 4 heteroatoms. The number of benzene rings is 1. The summed E-state index contributed by atoms with van der Waals surface area (Å²) >= 11 is 0. The Labute approximate surface area is 125 Å². The van der Waals surface area contributed by atoms with Crippen LogP contribution in [0.5, 0.6) is 0 Å². The maximum absolute atomic E-state index is 12.2. The number of nitrogens with zero attached hydrogens (tertiary/aromatic N) is 1. The van der Waals surface area contributed by atoms with E-state index < -0.39 is 0 Å². The normalized spacial score (nSPS) is 29.9. The average molecular weight is 286 g/mol. The molecule has 1 fully saturated rings. The van der Waals surface area contributed by atoms with Crippen molar-refractivity contribution in [2.45, 2.75) is 44.3 Å². The second-order valence-corrected chi connectivity index (χ2v) is 6.00. The highest BCUT2D eigenvalue weighted by Gasteiger charge is 2.42. The van der Waals surface area contributed by atoms with Crippen molar-refractivity contribution in [1.82, 2.24) is 10.4 Å². The molecular formula is C17H22N2O2. The SMILES string of the molecule is CC(c1ccccc1)N1C2C=CC(CCC2)C1C(=O)NO. The predicted octanol–water partition coefficient (Wildman–Crippen LogP) is 2.66. The fraction of sp³-hybridized carbons (Fsp3) is 0.471. The molecular weight excluding hydrogens is 264 g/mol. The molecule has 0 aromatic heterocycles. The highest BCUT2D eigenvalue weighted by Crippen LogP contribution is 2.38. The Morgan fingerprint density at radius 2 is 2.05 bits per heavy atom. The highest BCUT2D eigenvalue weighted by atomic mass is 16.5. The van der Waals surface area contributed by atoms with Crippen LogP contribution < -0.4 is 5.48 Å². The van der Waals surface area contributed by atoms with Crippen LogP contribution in [0.1, 0.15) is 37.8 Å². The molecule has 3 aliphatic rings. The molecule has 2 N–H and O–H groups in total. The molecule has 0 saturated carbocycles. The van der Waals surface area contributed by atoms with Gasteiger partial charge in [0.05, 0.1) is 6.04 Å². The van der Waals surface area contributed by atoms with Gasteiger partial charge in [0.2, 0.25) is 0 Å². The lowest BCUT2D eigenvalue weighted by Crippen LogP contribution is -2.55. The van der Waals surface area contributed by atoms with Crippen LogP contribution in [-0.2, 0) is 4.79 Å². The van der Waals surface area contributed by atoms with Gasteiger partial charge in [0.25, 0.3) is 5.91 Å². The summed E-state index contributed by atoms with van der Waals surface area (Å²) in [5, 5.41) is 9.13. The summed E-state index contributed by atoms with van der Waals surface area (Å²) < 4.78 is 0. The molecule has 112 valence electrons. The Morgan fingerprint density at radius 3 is 2.76 bits per heavy atom. The van der Waals surface area contributed by atoms with Crippen LogP contribution in [0.4, 0.5) is 0 Å². The first-order valence-electron chi connectivity index (χ1n) is 7.67. The van der Waals surface area contributed by atoms with Gasteiger partial charge in [-0.2, -0.15) is 0 Å². The summed E-state index contributed by atoms with van der Waals surface area (Å²) in [5.74, 6) is -0.110. The largest absolute Gasteiger partial charge is 0.289 e. The molecule has 21 heavy (non-hydrogen) atoms. The second-order valence-electron chi connectivity index (χ2n) is 6.00. The summed E-state index contributed by atoms with van der Waals surface area (Å²) in [4.78, 5) is 14.5. The van der Waals surface area contributed by atoms with E-state index in [4.69, 9.17) is 5.21 Å². The maximum Gasteiger partial charge on any atom is 0.261 e. The number of fused-ring (bicyclic) bond motifs is 3. The molecule has 1 amide bonds. The van der Waals surface area contributed by atoms with E-state index in [1.807, 2.05) is 23.7 Å². The molecule has 4 nitrogen and oxygen atoms in total. The summed E-state index contributed by atoms with van der Waals surface area (Å²) in [6.45, 7) is 2.14. The van der Waals surface area contributed by atoms with E-state index in [1.165, 1.54) is 5.56 Å². The van der Waals surface area contributed by atoms with Gasteiger partial charge in [-0.05, 0) is 25.3 Å². The molecule has 0 radical (unpaired) electrons. The van der Waals surface area contributed by atoms with Gasteiger partial charge in [-0.25, -0.2) is 5.48 Å². The third-order valence-corrected chi connectivity index (χ3v) is 4.84. The lowest BCUT2D eigenvalue weighted by Gasteiger charge is -2.43. The summed E-state index contributed by atoms with van der Waals surface area (Å²) in [5.41, 5.74) is 3.07. The number of rotatable bonds is 3. The van der Waals surface area contributed by atoms with Gasteiger partial charge >= 0.3 is 0 Å². The van der Waals surface area contributed by atoms with Crippen LogP contribution in [0.2, 0.25) is 0 Å². The minimum Gasteiger partial charge on any atom is -0.289 e. The number of hydroxylamine groups is 1. The van der Waals surface area contributed by atoms with E-state index in [-0.39, 0.29) is 30.0 Å². The van der Waals surface area contributed by atoms with E-state index in [9.17, 15) is 4.79 Å². The summed E-state index contributed by atoms with van der Waals surface area (Å²) in [6, 6.07) is 10.4. The fourth-order valence-corrected chi connectivity index (χ4v) is 3.79. The second kappa shape index (κ2) is 6.00. The number of hydrogen-bond donors (Lipinski definition) is 2. The van der Waals surface area contributed by atoms with Gasteiger partial charge in [0, 0.05) is 18.0 Å². The fourth-order valence-electron chi connectivity index (χ4n) is 3.79. The summed E-state index contributed by atoms with van der Waals surface area (Å²) in [7, 11) is 0. The molecule has 1 aliphatic carbocycles. The van der Waals surface area contributed by atoms with Crippen molar-refractivity contribution in [3.63, 3.8) is 0 Å². The Kier molecular flexibility index (Phi) is 4.08. The average Bonchev–Trinajstić information content (AvgIpc) is 2.88. The van der Waals surface area contributed by atoms with Crippen LogP contribution in [0.3, 0.4) is 0 Å². The predicted molar refractivity (Wildman–Crippen MR) is 80.7 cm³/mol. The van der Waals surface area contributed by atoms with E-state index >= 15 is 0 Å². The minimum absolute atomic E-state index is 0.143. The van der Waals surface area contributed by atoms with Crippen LogP contribution in [-0.4, -0.2) is 28.1 Å². The first-order valence-corrected chi connectivity index (χ1v) is 7.67. The molecule has 1 aromatic rings. The molecule has 2 heterocycles. The maximum atomic E-state index is 12.2. The van der Waals surface area contributed by atoms with E-state index in [2.05, 4.69) is 36.1 Å². The zero-order valence-electron chi connectivity index (χ0n) is 12.3. The highest BCUT2D eigenvalue weighted by molar-refractivity contribution is 5.81. The molecule has 1 aromatic carbocycles. The Morgan fingerprint density at radius 1 is 1.29 bits per heavy atom. The van der Waals surface area contributed by atoms with Gasteiger partial charge < -0.3 is 0 Å². The summed E-state index contributed by atoms with van der Waals surface area (Å²) in [6.07, 6.45) is 7.59. The number of carbonyl (C=O) groups is 1. The Hall–Kier alpha value is -1.65. The Bertz CT molecular complexity index is 529. The first-order chi connectivity index (χ1) is 10.2. The number of hydrogen-bond acceptors (Lipinski definition) is 3. The van der Waals surface area contributed by atoms with Crippen molar-refractivity contribution in [2.75, 3.05) is 0 Å². The van der Waals surface area contributed by atoms with Crippen LogP contribution in [0.15, 0.2) is 42.5 Å². The van der Waals surface area contributed by atoms with Crippen molar-refractivity contribution in [2.24, 2.45) is 5.92 Å². The zero-order valence-corrected chi connectivity index (χ0v) is 12.3. The first kappa shape index (κ1) is 14.3. The lowest BCUT2D eigenvalue weighted by molar-refractivity contribution is -0.138. The quantitative estimate of drug-likeness (QED) is 0.510. The smallest absolute Gasteiger partial charge is 0.261 e. The molecule has 2 aliphatic heterocycles. The van der Waals surface area contributed by atoms with E-state index in [0.29, 0.717) is 0 Å². The molecule has 2 bridgehead atoms. The van der Waals surface area contributed by atoms with Gasteiger partial charge in [0.1, 0.15) is 0 Å². The van der Waals surface area contributed by atoms with Gasteiger partial charge in [-0.3, -0.25) is 14.9 Å². The van der Waals surface area contributed by atoms with Gasteiger partial charge in [0.15, 0.2) is 0 Å².